The van der Waals surface area contributed by atoms with Crippen LogP contribution in [-0.4, -0.2) is 16.9 Å². The van der Waals surface area contributed by atoms with Crippen LogP contribution >= 0.6 is 27.3 Å². The van der Waals surface area contributed by atoms with E-state index in [1.165, 1.54) is 11.3 Å². The summed E-state index contributed by atoms with van der Waals surface area (Å²) >= 11 is 4.72. The molecular weight excluding hydrogens is 290 g/mol. The van der Waals surface area contributed by atoms with Crippen molar-refractivity contribution in [3.05, 3.63) is 9.98 Å². The molecule has 16 heavy (non-hydrogen) atoms. The number of amides is 1. The van der Waals surface area contributed by atoms with Crippen molar-refractivity contribution in [3.63, 3.8) is 0 Å². The summed E-state index contributed by atoms with van der Waals surface area (Å²) in [7, 11) is 0. The van der Waals surface area contributed by atoms with Crippen molar-refractivity contribution < 1.29 is 4.79 Å². The van der Waals surface area contributed by atoms with Gasteiger partial charge in [-0.15, -0.1) is 0 Å². The second-order valence-electron chi connectivity index (χ2n) is 4.01. The van der Waals surface area contributed by atoms with Crippen molar-refractivity contribution >= 4 is 38.3 Å². The predicted molar refractivity (Wildman–Crippen MR) is 68.4 cm³/mol. The van der Waals surface area contributed by atoms with Crippen molar-refractivity contribution in [2.75, 3.05) is 5.32 Å². The third-order valence-electron chi connectivity index (χ3n) is 2.86. The summed E-state index contributed by atoms with van der Waals surface area (Å²) in [6, 6.07) is -0.00264. The lowest BCUT2D eigenvalue weighted by Gasteiger charge is -2.26. The maximum atomic E-state index is 11.9. The van der Waals surface area contributed by atoms with Crippen LogP contribution in [0.25, 0.3) is 0 Å². The molecule has 1 fully saturated rings. The van der Waals surface area contributed by atoms with Gasteiger partial charge < -0.3 is 11.1 Å². The number of rotatable bonds is 2. The van der Waals surface area contributed by atoms with Gasteiger partial charge in [-0.2, -0.15) is 0 Å². The highest BCUT2D eigenvalue weighted by Crippen LogP contribution is 2.27. The molecule has 6 heteroatoms. The fraction of sp³-hybridized carbons (Fsp3) is 0.600. The second kappa shape index (κ2) is 5.25. The van der Waals surface area contributed by atoms with Crippen LogP contribution in [0.1, 0.15) is 25.7 Å². The van der Waals surface area contributed by atoms with Gasteiger partial charge in [-0.3, -0.25) is 4.79 Å². The van der Waals surface area contributed by atoms with Gasteiger partial charge in [0, 0.05) is 6.04 Å². The van der Waals surface area contributed by atoms with E-state index in [-0.39, 0.29) is 17.9 Å². The Morgan fingerprint density at radius 3 is 2.94 bits per heavy atom. The van der Waals surface area contributed by atoms with Gasteiger partial charge in [0.25, 0.3) is 0 Å². The third kappa shape index (κ3) is 2.81. The Balaban J connectivity index is 1.96. The zero-order valence-corrected chi connectivity index (χ0v) is 11.2. The third-order valence-corrected chi connectivity index (χ3v) is 4.26. The number of hydrogen-bond acceptors (Lipinski definition) is 4. The number of halogens is 1. The molecule has 0 aromatic carbocycles. The van der Waals surface area contributed by atoms with Crippen LogP contribution in [-0.2, 0) is 4.79 Å². The van der Waals surface area contributed by atoms with E-state index in [0.717, 1.165) is 29.5 Å². The molecule has 0 spiro atoms. The summed E-state index contributed by atoms with van der Waals surface area (Å²) in [5, 5.41) is 3.46. The standard InChI is InChI=1S/C10H14BrN3OS/c11-8-5-13-10(16-8)14-9(15)6-3-1-2-4-7(6)12/h5-7H,1-4,12H2,(H,13,14,15). The Morgan fingerprint density at radius 1 is 1.56 bits per heavy atom. The van der Waals surface area contributed by atoms with Gasteiger partial charge in [0.05, 0.1) is 15.9 Å². The van der Waals surface area contributed by atoms with Crippen LogP contribution in [0.5, 0.6) is 0 Å². The van der Waals surface area contributed by atoms with E-state index in [1.54, 1.807) is 6.20 Å². The van der Waals surface area contributed by atoms with Crippen LogP contribution in [0.2, 0.25) is 0 Å². The first kappa shape index (κ1) is 12.0. The normalized spacial score (nSPS) is 25.4. The minimum absolute atomic E-state index is 0.00264. The summed E-state index contributed by atoms with van der Waals surface area (Å²) < 4.78 is 0.913. The van der Waals surface area contributed by atoms with Crippen LogP contribution in [0.15, 0.2) is 9.98 Å². The Morgan fingerprint density at radius 2 is 2.31 bits per heavy atom. The molecule has 3 N–H and O–H groups in total. The first-order chi connectivity index (χ1) is 7.66. The SMILES string of the molecule is NC1CCCCC1C(=O)Nc1ncc(Br)s1. The molecule has 2 rings (SSSR count). The second-order valence-corrected chi connectivity index (χ2v) is 6.42. The summed E-state index contributed by atoms with van der Waals surface area (Å²) in [6.45, 7) is 0. The van der Waals surface area contributed by atoms with Crippen LogP contribution in [0.4, 0.5) is 5.13 Å². The lowest BCUT2D eigenvalue weighted by atomic mass is 9.84. The molecule has 0 radical (unpaired) electrons. The average Bonchev–Trinajstić information content (AvgIpc) is 2.64. The molecule has 2 atom stereocenters. The van der Waals surface area contributed by atoms with E-state index < -0.39 is 0 Å². The maximum absolute atomic E-state index is 11.9. The summed E-state index contributed by atoms with van der Waals surface area (Å²) in [6.07, 6.45) is 5.74. The summed E-state index contributed by atoms with van der Waals surface area (Å²) in [5.74, 6) is -0.0505. The predicted octanol–water partition coefficient (Wildman–Crippen LogP) is 2.36. The minimum Gasteiger partial charge on any atom is -0.327 e. The number of anilines is 1. The molecule has 1 aliphatic carbocycles. The molecule has 0 saturated heterocycles. The number of nitrogens with zero attached hydrogens (tertiary/aromatic N) is 1. The Bertz CT molecular complexity index is 382. The zero-order valence-electron chi connectivity index (χ0n) is 8.78. The van der Waals surface area contributed by atoms with E-state index in [4.69, 9.17) is 5.73 Å². The summed E-state index contributed by atoms with van der Waals surface area (Å²) in [4.78, 5) is 16.0. The first-order valence-electron chi connectivity index (χ1n) is 5.34. The molecular formula is C10H14BrN3OS. The smallest absolute Gasteiger partial charge is 0.230 e. The monoisotopic (exact) mass is 303 g/mol. The molecule has 2 unspecified atom stereocenters. The lowest BCUT2D eigenvalue weighted by Crippen LogP contribution is -2.40. The molecule has 88 valence electrons. The number of carbonyl (C=O) groups excluding carboxylic acids is 1. The largest absolute Gasteiger partial charge is 0.327 e. The Labute approximate surface area is 107 Å². The molecule has 1 amide bonds. The number of nitrogens with one attached hydrogen (secondary N) is 1. The molecule has 1 saturated carbocycles. The molecule has 1 aromatic heterocycles. The van der Waals surface area contributed by atoms with E-state index in [2.05, 4.69) is 26.2 Å². The number of aromatic nitrogens is 1. The number of carbonyl (C=O) groups is 1. The molecule has 1 aromatic rings. The summed E-state index contributed by atoms with van der Waals surface area (Å²) in [5.41, 5.74) is 5.95. The van der Waals surface area contributed by atoms with Gasteiger partial charge in [0.2, 0.25) is 5.91 Å². The fourth-order valence-corrected chi connectivity index (χ4v) is 3.10. The van der Waals surface area contributed by atoms with E-state index in [9.17, 15) is 4.79 Å². The van der Waals surface area contributed by atoms with Gasteiger partial charge >= 0.3 is 0 Å². The number of nitrogens with two attached hydrogens (primary N) is 1. The first-order valence-corrected chi connectivity index (χ1v) is 6.95. The molecule has 1 heterocycles. The van der Waals surface area contributed by atoms with Crippen LogP contribution < -0.4 is 11.1 Å². The Hall–Kier alpha value is -0.460. The average molecular weight is 304 g/mol. The van der Waals surface area contributed by atoms with Crippen LogP contribution in [0, 0.1) is 5.92 Å². The van der Waals surface area contributed by atoms with Gasteiger partial charge in [0.15, 0.2) is 5.13 Å². The van der Waals surface area contributed by atoms with Crippen molar-refractivity contribution in [2.24, 2.45) is 11.7 Å². The topological polar surface area (TPSA) is 68.0 Å². The lowest BCUT2D eigenvalue weighted by molar-refractivity contribution is -0.121. The highest BCUT2D eigenvalue weighted by molar-refractivity contribution is 9.11. The van der Waals surface area contributed by atoms with Gasteiger partial charge in [0.1, 0.15) is 0 Å². The highest BCUT2D eigenvalue weighted by Gasteiger charge is 2.28. The van der Waals surface area contributed by atoms with Crippen LogP contribution in [0.3, 0.4) is 0 Å². The van der Waals surface area contributed by atoms with Crippen molar-refractivity contribution in [2.45, 2.75) is 31.7 Å². The maximum Gasteiger partial charge on any atom is 0.230 e. The Kier molecular flexibility index (Phi) is 3.94. The molecule has 0 bridgehead atoms. The van der Waals surface area contributed by atoms with Crippen molar-refractivity contribution in [3.8, 4) is 0 Å². The van der Waals surface area contributed by atoms with E-state index in [0.29, 0.717) is 5.13 Å². The quantitative estimate of drug-likeness (QED) is 0.881. The van der Waals surface area contributed by atoms with E-state index >= 15 is 0 Å². The minimum atomic E-state index is -0.0589. The molecule has 4 nitrogen and oxygen atoms in total. The van der Waals surface area contributed by atoms with Crippen molar-refractivity contribution in [1.29, 1.82) is 0 Å². The zero-order chi connectivity index (χ0) is 11.5. The van der Waals surface area contributed by atoms with Crippen molar-refractivity contribution in [1.82, 2.24) is 4.98 Å². The number of hydrogen-bond donors (Lipinski definition) is 2. The van der Waals surface area contributed by atoms with E-state index in [1.807, 2.05) is 0 Å². The highest BCUT2D eigenvalue weighted by atomic mass is 79.9. The molecule has 1 aliphatic rings. The van der Waals surface area contributed by atoms with Gasteiger partial charge in [-0.1, -0.05) is 24.2 Å². The number of thiazole rings is 1. The van der Waals surface area contributed by atoms with Gasteiger partial charge in [-0.05, 0) is 28.8 Å². The van der Waals surface area contributed by atoms with Gasteiger partial charge in [-0.25, -0.2) is 4.98 Å². The molecule has 0 aliphatic heterocycles. The fourth-order valence-electron chi connectivity index (χ4n) is 2.00.